The van der Waals surface area contributed by atoms with E-state index in [4.69, 9.17) is 9.84 Å². The zero-order valence-corrected chi connectivity index (χ0v) is 13.8. The molecule has 2 rings (SSSR count). The SMILES string of the molecule is Cc1nc(-c2ccc(OCC(C)C)c(C(=O)O)c2)sc1C(=O)O. The Bertz CT molecular complexity index is 751. The maximum atomic E-state index is 11.4. The van der Waals surface area contributed by atoms with Gasteiger partial charge >= 0.3 is 11.9 Å². The smallest absolute Gasteiger partial charge is 0.347 e. The predicted octanol–water partition coefficient (Wildman–Crippen LogP) is 3.55. The average Bonchev–Trinajstić information content (AvgIpc) is 2.87. The number of aryl methyl sites for hydroxylation is 1. The predicted molar refractivity (Wildman–Crippen MR) is 86.5 cm³/mol. The molecule has 0 saturated carbocycles. The molecule has 0 radical (unpaired) electrons. The number of aromatic carboxylic acids is 2. The van der Waals surface area contributed by atoms with Gasteiger partial charge in [0, 0.05) is 5.56 Å². The monoisotopic (exact) mass is 335 g/mol. The van der Waals surface area contributed by atoms with Crippen LogP contribution in [0.1, 0.15) is 39.6 Å². The van der Waals surface area contributed by atoms with Crippen molar-refractivity contribution in [1.82, 2.24) is 4.98 Å². The van der Waals surface area contributed by atoms with Crippen molar-refractivity contribution in [3.63, 3.8) is 0 Å². The fraction of sp³-hybridized carbons (Fsp3) is 0.312. The van der Waals surface area contributed by atoms with Crippen LogP contribution in [-0.4, -0.2) is 33.7 Å². The first-order valence-corrected chi connectivity index (χ1v) is 7.82. The van der Waals surface area contributed by atoms with Gasteiger partial charge in [0.15, 0.2) is 0 Å². The van der Waals surface area contributed by atoms with Crippen molar-refractivity contribution in [3.05, 3.63) is 34.3 Å². The zero-order valence-electron chi connectivity index (χ0n) is 13.0. The molecule has 23 heavy (non-hydrogen) atoms. The number of carboxylic acid groups (broad SMARTS) is 2. The molecule has 0 aliphatic heterocycles. The third kappa shape index (κ3) is 3.87. The molecule has 0 amide bonds. The van der Waals surface area contributed by atoms with Gasteiger partial charge in [-0.1, -0.05) is 13.8 Å². The molecule has 1 aromatic heterocycles. The summed E-state index contributed by atoms with van der Waals surface area (Å²) >= 11 is 1.02. The van der Waals surface area contributed by atoms with Gasteiger partial charge in [0.05, 0.1) is 12.3 Å². The molecule has 6 nitrogen and oxygen atoms in total. The molecule has 1 aromatic carbocycles. The second-order valence-electron chi connectivity index (χ2n) is 5.46. The number of aromatic nitrogens is 1. The summed E-state index contributed by atoms with van der Waals surface area (Å²) in [5.41, 5.74) is 1.00. The normalized spacial score (nSPS) is 10.8. The van der Waals surface area contributed by atoms with Gasteiger partial charge in [0.1, 0.15) is 21.2 Å². The average molecular weight is 335 g/mol. The summed E-state index contributed by atoms with van der Waals surface area (Å²) in [5.74, 6) is -1.57. The van der Waals surface area contributed by atoms with Crippen molar-refractivity contribution >= 4 is 23.3 Å². The molecule has 0 aliphatic rings. The third-order valence-electron chi connectivity index (χ3n) is 3.02. The molecule has 1 heterocycles. The summed E-state index contributed by atoms with van der Waals surface area (Å²) in [5, 5.41) is 18.9. The minimum Gasteiger partial charge on any atom is -0.492 e. The maximum absolute atomic E-state index is 11.4. The lowest BCUT2D eigenvalue weighted by atomic mass is 10.1. The van der Waals surface area contributed by atoms with Crippen LogP contribution in [0.25, 0.3) is 10.6 Å². The minimum atomic E-state index is -1.10. The zero-order chi connectivity index (χ0) is 17.1. The molecule has 7 heteroatoms. The van der Waals surface area contributed by atoms with E-state index >= 15 is 0 Å². The number of thiazole rings is 1. The van der Waals surface area contributed by atoms with Crippen LogP contribution in [0.5, 0.6) is 5.75 Å². The highest BCUT2D eigenvalue weighted by Gasteiger charge is 2.18. The Balaban J connectivity index is 2.41. The van der Waals surface area contributed by atoms with Crippen LogP contribution in [0.15, 0.2) is 18.2 Å². The number of hydrogen-bond acceptors (Lipinski definition) is 5. The summed E-state index contributed by atoms with van der Waals surface area (Å²) in [6.07, 6.45) is 0. The Morgan fingerprint density at radius 3 is 2.48 bits per heavy atom. The van der Waals surface area contributed by atoms with Crippen LogP contribution in [0.2, 0.25) is 0 Å². The fourth-order valence-electron chi connectivity index (χ4n) is 1.93. The van der Waals surface area contributed by atoms with Crippen molar-refractivity contribution in [3.8, 4) is 16.3 Å². The molecule has 2 aromatic rings. The molecule has 0 unspecified atom stereocenters. The van der Waals surface area contributed by atoms with Gasteiger partial charge in [-0.15, -0.1) is 11.3 Å². The first kappa shape index (κ1) is 17.0. The Labute approximate surface area is 137 Å². The van der Waals surface area contributed by atoms with Crippen LogP contribution in [0.3, 0.4) is 0 Å². The van der Waals surface area contributed by atoms with Crippen LogP contribution in [0, 0.1) is 12.8 Å². The molecular formula is C16H17NO5S. The van der Waals surface area contributed by atoms with E-state index < -0.39 is 11.9 Å². The highest BCUT2D eigenvalue weighted by Crippen LogP contribution is 2.31. The number of carbonyl (C=O) groups is 2. The Morgan fingerprint density at radius 2 is 1.96 bits per heavy atom. The summed E-state index contributed by atoms with van der Waals surface area (Å²) in [6.45, 7) is 5.97. The molecule has 0 aliphatic carbocycles. The molecule has 0 bridgehead atoms. The summed E-state index contributed by atoms with van der Waals surface area (Å²) < 4.78 is 5.53. The summed E-state index contributed by atoms with van der Waals surface area (Å²) in [4.78, 5) is 26.9. The number of carboxylic acids is 2. The van der Waals surface area contributed by atoms with Gasteiger partial charge in [-0.2, -0.15) is 0 Å². The number of nitrogens with zero attached hydrogens (tertiary/aromatic N) is 1. The van der Waals surface area contributed by atoms with Gasteiger partial charge in [0.2, 0.25) is 0 Å². The van der Waals surface area contributed by atoms with E-state index in [0.29, 0.717) is 28.6 Å². The van der Waals surface area contributed by atoms with Gasteiger partial charge in [-0.25, -0.2) is 14.6 Å². The van der Waals surface area contributed by atoms with Gasteiger partial charge < -0.3 is 14.9 Å². The fourth-order valence-corrected chi connectivity index (χ4v) is 2.83. The molecular weight excluding hydrogens is 318 g/mol. The largest absolute Gasteiger partial charge is 0.492 e. The molecule has 0 saturated heterocycles. The number of ether oxygens (including phenoxy) is 1. The van der Waals surface area contributed by atoms with Crippen LogP contribution in [0.4, 0.5) is 0 Å². The number of rotatable bonds is 6. The summed E-state index contributed by atoms with van der Waals surface area (Å²) in [6, 6.07) is 4.73. The van der Waals surface area contributed by atoms with Crippen molar-refractivity contribution < 1.29 is 24.5 Å². The molecule has 0 atom stereocenters. The highest BCUT2D eigenvalue weighted by molar-refractivity contribution is 7.17. The molecule has 0 fully saturated rings. The van der Waals surface area contributed by atoms with E-state index in [1.54, 1.807) is 19.1 Å². The van der Waals surface area contributed by atoms with Crippen LogP contribution >= 0.6 is 11.3 Å². The van der Waals surface area contributed by atoms with Crippen molar-refractivity contribution in [2.45, 2.75) is 20.8 Å². The second-order valence-corrected chi connectivity index (χ2v) is 6.46. The van der Waals surface area contributed by atoms with E-state index in [0.717, 1.165) is 11.3 Å². The van der Waals surface area contributed by atoms with Crippen molar-refractivity contribution in [1.29, 1.82) is 0 Å². The van der Waals surface area contributed by atoms with E-state index in [-0.39, 0.29) is 16.4 Å². The first-order valence-electron chi connectivity index (χ1n) is 7.00. The molecule has 122 valence electrons. The van der Waals surface area contributed by atoms with Gasteiger partial charge in [0.25, 0.3) is 0 Å². The van der Waals surface area contributed by atoms with E-state index in [1.807, 2.05) is 13.8 Å². The lowest BCUT2D eigenvalue weighted by Gasteiger charge is -2.11. The Hall–Kier alpha value is -2.41. The second kappa shape index (κ2) is 6.78. The van der Waals surface area contributed by atoms with Gasteiger partial charge in [-0.05, 0) is 31.0 Å². The highest BCUT2D eigenvalue weighted by atomic mass is 32.1. The maximum Gasteiger partial charge on any atom is 0.347 e. The first-order chi connectivity index (χ1) is 10.8. The van der Waals surface area contributed by atoms with E-state index in [2.05, 4.69) is 4.98 Å². The van der Waals surface area contributed by atoms with E-state index in [1.165, 1.54) is 6.07 Å². The van der Waals surface area contributed by atoms with Crippen molar-refractivity contribution in [2.75, 3.05) is 6.61 Å². The number of hydrogen-bond donors (Lipinski definition) is 2. The minimum absolute atomic E-state index is 0.0351. The van der Waals surface area contributed by atoms with E-state index in [9.17, 15) is 14.7 Å². The summed E-state index contributed by atoms with van der Waals surface area (Å²) in [7, 11) is 0. The van der Waals surface area contributed by atoms with Crippen LogP contribution in [-0.2, 0) is 0 Å². The Kier molecular flexibility index (Phi) is 5.00. The quantitative estimate of drug-likeness (QED) is 0.838. The van der Waals surface area contributed by atoms with Crippen LogP contribution < -0.4 is 4.74 Å². The number of benzene rings is 1. The molecule has 0 spiro atoms. The Morgan fingerprint density at radius 1 is 1.26 bits per heavy atom. The lowest BCUT2D eigenvalue weighted by molar-refractivity contribution is 0.0684. The van der Waals surface area contributed by atoms with Crippen molar-refractivity contribution in [2.24, 2.45) is 5.92 Å². The topological polar surface area (TPSA) is 96.7 Å². The van der Waals surface area contributed by atoms with Gasteiger partial charge in [-0.3, -0.25) is 0 Å². The molecule has 2 N–H and O–H groups in total. The lowest BCUT2D eigenvalue weighted by Crippen LogP contribution is -2.08. The third-order valence-corrected chi connectivity index (χ3v) is 4.21. The standard InChI is InChI=1S/C16H17NO5S/c1-8(2)7-22-12-5-4-10(6-11(12)15(18)19)14-17-9(3)13(23-14)16(20)21/h4-6,8H,7H2,1-3H3,(H,18,19)(H,20,21).